The molecule has 1 aromatic heterocycles. The van der Waals surface area contributed by atoms with Crippen molar-refractivity contribution < 1.29 is 14.2 Å². The van der Waals surface area contributed by atoms with Crippen LogP contribution < -0.4 is 14.2 Å². The summed E-state index contributed by atoms with van der Waals surface area (Å²) in [4.78, 5) is 0. The smallest absolute Gasteiger partial charge is 0.243 e. The van der Waals surface area contributed by atoms with Crippen molar-refractivity contribution in [2.24, 2.45) is 5.92 Å². The number of nitrogens with zero attached hydrogens (tertiary/aromatic N) is 2. The lowest BCUT2D eigenvalue weighted by atomic mass is 9.75. The van der Waals surface area contributed by atoms with Crippen molar-refractivity contribution >= 4 is 17.5 Å². The van der Waals surface area contributed by atoms with E-state index in [1.165, 1.54) is 0 Å². The van der Waals surface area contributed by atoms with Crippen molar-refractivity contribution in [3.8, 4) is 23.4 Å². The summed E-state index contributed by atoms with van der Waals surface area (Å²) in [5.74, 6) is -0.0135. The van der Waals surface area contributed by atoms with Gasteiger partial charge < -0.3 is 14.2 Å². The normalized spacial score (nSPS) is 21.1. The Morgan fingerprint density at radius 2 is 2.00 bits per heavy atom. The van der Waals surface area contributed by atoms with E-state index in [0.717, 1.165) is 11.3 Å². The highest BCUT2D eigenvalue weighted by atomic mass is 35.5. The zero-order valence-electron chi connectivity index (χ0n) is 14.5. The summed E-state index contributed by atoms with van der Waals surface area (Å²) in [6, 6.07) is 5.65. The first-order chi connectivity index (χ1) is 12.3. The fraction of sp³-hybridized carbons (Fsp3) is 0.389. The molecule has 8 heteroatoms. The van der Waals surface area contributed by atoms with E-state index in [1.54, 1.807) is 12.1 Å². The van der Waals surface area contributed by atoms with Crippen LogP contribution in [-0.2, 0) is 5.41 Å². The van der Waals surface area contributed by atoms with E-state index in [1.807, 2.05) is 20.8 Å². The SMILES string of the molecule is CC(C)(C)c1[nH]nc2c1C(c1cc3c(cc1Cl)OCO3)C(C#N)C(=N)O2. The second-order valence-electron chi connectivity index (χ2n) is 7.35. The monoisotopic (exact) mass is 372 g/mol. The molecule has 7 nitrogen and oxygen atoms in total. The van der Waals surface area contributed by atoms with Gasteiger partial charge in [-0.25, -0.2) is 0 Å². The van der Waals surface area contributed by atoms with Gasteiger partial charge in [-0.2, -0.15) is 5.26 Å². The van der Waals surface area contributed by atoms with Crippen molar-refractivity contribution in [3.05, 3.63) is 34.0 Å². The molecule has 0 radical (unpaired) electrons. The van der Waals surface area contributed by atoms with Crippen LogP contribution in [0.4, 0.5) is 0 Å². The molecule has 2 aromatic rings. The molecular formula is C18H17ClN4O3. The zero-order valence-corrected chi connectivity index (χ0v) is 15.3. The number of nitriles is 1. The van der Waals surface area contributed by atoms with Gasteiger partial charge in [0.1, 0.15) is 5.92 Å². The number of hydrogen-bond donors (Lipinski definition) is 2. The molecule has 0 amide bonds. The Morgan fingerprint density at radius 1 is 1.31 bits per heavy atom. The quantitative estimate of drug-likeness (QED) is 0.793. The van der Waals surface area contributed by atoms with Gasteiger partial charge in [-0.15, -0.1) is 5.10 Å². The van der Waals surface area contributed by atoms with Crippen molar-refractivity contribution in [1.29, 1.82) is 10.7 Å². The number of aromatic amines is 1. The highest BCUT2D eigenvalue weighted by Gasteiger charge is 2.43. The first-order valence-corrected chi connectivity index (χ1v) is 8.52. The van der Waals surface area contributed by atoms with E-state index in [-0.39, 0.29) is 18.1 Å². The lowest BCUT2D eigenvalue weighted by molar-refractivity contribution is 0.174. The molecule has 2 aliphatic rings. The zero-order chi connectivity index (χ0) is 18.6. The number of nitrogens with one attached hydrogen (secondary N) is 2. The molecular weight excluding hydrogens is 356 g/mol. The van der Waals surface area contributed by atoms with Crippen LogP contribution in [0.3, 0.4) is 0 Å². The summed E-state index contributed by atoms with van der Waals surface area (Å²) in [5.41, 5.74) is 2.02. The molecule has 0 bridgehead atoms. The minimum atomic E-state index is -0.820. The van der Waals surface area contributed by atoms with E-state index in [2.05, 4.69) is 16.3 Å². The average Bonchev–Trinajstić information content (AvgIpc) is 3.18. The lowest BCUT2D eigenvalue weighted by Crippen LogP contribution is -2.32. The van der Waals surface area contributed by atoms with Gasteiger partial charge in [0, 0.05) is 33.7 Å². The molecule has 3 heterocycles. The standard InChI is InChI=1S/C18H17ClN4O3/c1-18(2,3)15-14-13(9(6-20)16(21)26-17(14)23-22-15)8-4-11-12(5-10(8)19)25-7-24-11/h4-5,9,13,21H,7H2,1-3H3,(H,22,23). The predicted molar refractivity (Wildman–Crippen MR) is 94.2 cm³/mol. The van der Waals surface area contributed by atoms with Gasteiger partial charge in [0.15, 0.2) is 11.5 Å². The predicted octanol–water partition coefficient (Wildman–Crippen LogP) is 3.73. The Bertz CT molecular complexity index is 955. The van der Waals surface area contributed by atoms with E-state index in [0.29, 0.717) is 28.0 Å². The number of aromatic nitrogens is 2. The third kappa shape index (κ3) is 2.41. The maximum atomic E-state index is 9.73. The van der Waals surface area contributed by atoms with E-state index < -0.39 is 11.8 Å². The van der Waals surface area contributed by atoms with Crippen LogP contribution in [0.1, 0.15) is 43.5 Å². The number of halogens is 1. The summed E-state index contributed by atoms with van der Waals surface area (Å²) >= 11 is 6.52. The van der Waals surface area contributed by atoms with Crippen LogP contribution in [0.25, 0.3) is 0 Å². The number of hydrogen-bond acceptors (Lipinski definition) is 6. The Hall–Kier alpha value is -2.72. The number of H-pyrrole nitrogens is 1. The van der Waals surface area contributed by atoms with Gasteiger partial charge in [-0.3, -0.25) is 10.5 Å². The molecule has 2 aliphatic heterocycles. The number of rotatable bonds is 1. The van der Waals surface area contributed by atoms with Crippen molar-refractivity contribution in [3.63, 3.8) is 0 Å². The molecule has 134 valence electrons. The minimum Gasteiger partial charge on any atom is -0.454 e. The van der Waals surface area contributed by atoms with Gasteiger partial charge in [0.2, 0.25) is 18.6 Å². The van der Waals surface area contributed by atoms with Gasteiger partial charge in [0.25, 0.3) is 0 Å². The molecule has 0 fully saturated rings. The second-order valence-corrected chi connectivity index (χ2v) is 7.75. The maximum absolute atomic E-state index is 9.73. The molecule has 1 aromatic carbocycles. The molecule has 0 aliphatic carbocycles. The summed E-state index contributed by atoms with van der Waals surface area (Å²) in [6.45, 7) is 6.26. The number of benzene rings is 1. The molecule has 26 heavy (non-hydrogen) atoms. The third-order valence-electron chi connectivity index (χ3n) is 4.62. The van der Waals surface area contributed by atoms with Crippen molar-refractivity contribution in [1.82, 2.24) is 10.2 Å². The van der Waals surface area contributed by atoms with Gasteiger partial charge in [-0.05, 0) is 11.6 Å². The topological polar surface area (TPSA) is 104 Å². The molecule has 0 saturated carbocycles. The Balaban J connectivity index is 1.97. The number of ether oxygens (including phenoxy) is 3. The minimum absolute atomic E-state index is 0.130. The van der Waals surface area contributed by atoms with Gasteiger partial charge in [-0.1, -0.05) is 32.4 Å². The molecule has 2 N–H and O–H groups in total. The van der Waals surface area contributed by atoms with Crippen molar-refractivity contribution in [2.75, 3.05) is 6.79 Å². The van der Waals surface area contributed by atoms with Crippen LogP contribution in [0.2, 0.25) is 5.02 Å². The Kier molecular flexibility index (Phi) is 3.63. The lowest BCUT2D eigenvalue weighted by Gasteiger charge is -2.31. The second kappa shape index (κ2) is 5.64. The first kappa shape index (κ1) is 16.7. The molecule has 2 atom stereocenters. The van der Waals surface area contributed by atoms with E-state index in [9.17, 15) is 5.26 Å². The van der Waals surface area contributed by atoms with Crippen LogP contribution in [-0.4, -0.2) is 22.9 Å². The molecule has 0 saturated heterocycles. The summed E-state index contributed by atoms with van der Waals surface area (Å²) in [5, 5.41) is 25.6. The van der Waals surface area contributed by atoms with Crippen LogP contribution >= 0.6 is 11.6 Å². The van der Waals surface area contributed by atoms with Gasteiger partial charge >= 0.3 is 0 Å². The Labute approximate surface area is 155 Å². The summed E-state index contributed by atoms with van der Waals surface area (Å²) < 4.78 is 16.4. The fourth-order valence-electron chi connectivity index (χ4n) is 3.40. The summed E-state index contributed by atoms with van der Waals surface area (Å²) in [6.07, 6.45) is 0. The largest absolute Gasteiger partial charge is 0.454 e. The molecule has 2 unspecified atom stereocenters. The molecule has 4 rings (SSSR count). The van der Waals surface area contributed by atoms with Crippen LogP contribution in [0, 0.1) is 22.7 Å². The van der Waals surface area contributed by atoms with Crippen molar-refractivity contribution in [2.45, 2.75) is 32.1 Å². The Morgan fingerprint density at radius 3 is 2.65 bits per heavy atom. The number of fused-ring (bicyclic) bond motifs is 2. The van der Waals surface area contributed by atoms with E-state index in [4.69, 9.17) is 31.2 Å². The average molecular weight is 373 g/mol. The van der Waals surface area contributed by atoms with Gasteiger partial charge in [0.05, 0.1) is 6.07 Å². The van der Waals surface area contributed by atoms with Crippen LogP contribution in [0.5, 0.6) is 17.4 Å². The maximum Gasteiger partial charge on any atom is 0.243 e. The fourth-order valence-corrected chi connectivity index (χ4v) is 3.67. The highest BCUT2D eigenvalue weighted by molar-refractivity contribution is 6.31. The highest BCUT2D eigenvalue weighted by Crippen LogP contribution is 2.49. The summed E-state index contributed by atoms with van der Waals surface area (Å²) in [7, 11) is 0. The van der Waals surface area contributed by atoms with E-state index >= 15 is 0 Å². The molecule has 0 spiro atoms. The third-order valence-corrected chi connectivity index (χ3v) is 4.95. The first-order valence-electron chi connectivity index (χ1n) is 8.15. The van der Waals surface area contributed by atoms with Crippen LogP contribution in [0.15, 0.2) is 12.1 Å².